The number of carbonyl (C=O) groups excluding carboxylic acids is 6. The van der Waals surface area contributed by atoms with Gasteiger partial charge in [-0.05, 0) is 138 Å². The second-order valence-corrected chi connectivity index (χ2v) is 30.0. The van der Waals surface area contributed by atoms with Crippen LogP contribution in [0.15, 0.2) is 36.7 Å². The van der Waals surface area contributed by atoms with Gasteiger partial charge in [0.15, 0.2) is 5.78 Å². The van der Waals surface area contributed by atoms with Gasteiger partial charge < -0.3 is 61.9 Å². The number of hydrogen-bond acceptors (Lipinski definition) is 23. The fraction of sp³-hybridized carbons (Fsp3) is 0.667. The maximum Gasteiger partial charge on any atom is 0.317 e. The minimum atomic E-state index is -1.08. The van der Waals surface area contributed by atoms with Crippen LogP contribution in [-0.2, 0) is 75.2 Å². The van der Waals surface area contributed by atoms with Crippen LogP contribution in [0, 0.1) is 23.7 Å². The molecule has 6 rings (SSSR count). The largest absolute Gasteiger partial charge is 0.481 e. The number of aromatic nitrogens is 1. The Morgan fingerprint density at radius 2 is 0.920 bits per heavy atom. The molecule has 0 saturated carbocycles. The lowest BCUT2D eigenvalue weighted by atomic mass is 9.84. The van der Waals surface area contributed by atoms with Gasteiger partial charge in [0.05, 0.1) is 70.9 Å². The molecule has 112 heavy (non-hydrogen) atoms. The molecule has 4 fully saturated rings. The van der Waals surface area contributed by atoms with Gasteiger partial charge in [-0.15, -0.1) is 0 Å². The molecule has 620 valence electrons. The van der Waals surface area contributed by atoms with E-state index in [0.717, 1.165) is 43.5 Å². The molecule has 1 aromatic carbocycles. The zero-order chi connectivity index (χ0) is 81.5. The molecule has 0 bridgehead atoms. The van der Waals surface area contributed by atoms with Gasteiger partial charge in [0.1, 0.15) is 5.78 Å². The van der Waals surface area contributed by atoms with Gasteiger partial charge in [-0.3, -0.25) is 107 Å². The molecule has 1 aromatic heterocycles. The van der Waals surface area contributed by atoms with Crippen molar-refractivity contribution in [1.82, 2.24) is 70.4 Å². The fourth-order valence-corrected chi connectivity index (χ4v) is 14.7. The van der Waals surface area contributed by atoms with Crippen molar-refractivity contribution in [3.05, 3.63) is 64.5 Å². The van der Waals surface area contributed by atoms with Crippen LogP contribution in [0.1, 0.15) is 137 Å². The molecule has 0 radical (unpaired) electrons. The number of piperidine rings is 2. The molecular weight excluding hydrogens is 1450 g/mol. The van der Waals surface area contributed by atoms with E-state index in [1.165, 1.54) is 0 Å². The summed E-state index contributed by atoms with van der Waals surface area (Å²) in [7, 11) is 0. The summed E-state index contributed by atoms with van der Waals surface area (Å²) >= 11 is 0. The SMILES string of the molecule is CC(C(=O)NCC(=O)CCCCCc1cc(C#Cc2cncc([C@H](CC(=O)O)CC(=O)[C@@H]3CCCN(C(=O)CCC4CCNCC4)C3)c2)cc(CCCCNC(=O)CNC(=O)C(C)N2CCN(CC(=O)O)CCN(CC(=O)O)CCN(CC(=O)O)CC2)c1)N1CCN(CC(=O)O)CCN(CC(=O)O)CCN(CC(=O)O)CC1. The third-order valence-electron chi connectivity index (χ3n) is 21.2. The highest BCUT2D eigenvalue weighted by molar-refractivity contribution is 5.89. The summed E-state index contributed by atoms with van der Waals surface area (Å²) in [6, 6.07) is 6.20. The van der Waals surface area contributed by atoms with E-state index in [0.29, 0.717) is 99.9 Å². The van der Waals surface area contributed by atoms with Crippen molar-refractivity contribution in [3.63, 3.8) is 0 Å². The fourth-order valence-electron chi connectivity index (χ4n) is 14.7. The normalized spacial score (nSPS) is 18.8. The zero-order valence-electron chi connectivity index (χ0n) is 65.1. The summed E-state index contributed by atoms with van der Waals surface area (Å²) < 4.78 is 0. The van der Waals surface area contributed by atoms with Crippen LogP contribution in [0.4, 0.5) is 0 Å². The summed E-state index contributed by atoms with van der Waals surface area (Å²) in [4.78, 5) is 184. The Labute approximate surface area is 655 Å². The first-order valence-electron chi connectivity index (χ1n) is 39.3. The van der Waals surface area contributed by atoms with Gasteiger partial charge >= 0.3 is 41.8 Å². The van der Waals surface area contributed by atoms with Crippen LogP contribution in [0.5, 0.6) is 0 Å². The molecule has 11 N–H and O–H groups in total. The maximum atomic E-state index is 14.0. The quantitative estimate of drug-likeness (QED) is 0.0311. The summed E-state index contributed by atoms with van der Waals surface area (Å²) in [5.41, 5.74) is 3.65. The van der Waals surface area contributed by atoms with Gasteiger partial charge in [-0.1, -0.05) is 24.3 Å². The lowest BCUT2D eigenvalue weighted by molar-refractivity contribution is -0.141. The van der Waals surface area contributed by atoms with Crippen molar-refractivity contribution in [2.45, 2.75) is 135 Å². The van der Waals surface area contributed by atoms with Crippen molar-refractivity contribution in [2.75, 3.05) is 190 Å². The number of amides is 4. The predicted octanol–water partition coefficient (Wildman–Crippen LogP) is 0.0884. The van der Waals surface area contributed by atoms with E-state index >= 15 is 0 Å². The predicted molar refractivity (Wildman–Crippen MR) is 411 cm³/mol. The first-order valence-corrected chi connectivity index (χ1v) is 39.3. The van der Waals surface area contributed by atoms with E-state index < -0.39 is 83.4 Å². The number of benzene rings is 1. The molecule has 4 aliphatic heterocycles. The Morgan fingerprint density at radius 3 is 1.38 bits per heavy atom. The number of nitrogens with one attached hydrogen (secondary N) is 4. The minimum absolute atomic E-state index is 0.0424. The number of ketones is 2. The number of pyridine rings is 1. The highest BCUT2D eigenvalue weighted by Gasteiger charge is 2.33. The average Bonchev–Trinajstić information content (AvgIpc) is 0.853. The standard InChI is InChI=1S/C78H118N14O20/c1-56(90-35-31-86(52-73(103)104)27-23-84(50-71(99)100)24-28-87(32-36-90)53-74(105)106)77(111)82-47-66(93)12-5-3-4-9-59-39-60(10-6-7-19-81-68(95)48-83-78(112)57(2)91-37-33-88(54-75(107)108)29-25-85(51-72(101)102)26-30-89(34-38-91)55-76(109)110)41-61(40-59)13-14-62-42-65(46-80-45-62)64(44-70(97)98)43-67(94)63-11-8-22-92(49-63)69(96)16-15-58-17-20-79-21-18-58/h39-42,45-46,56-58,63-64,79H,3-12,15-38,43-44,47-55H2,1-2H3,(H,81,95)(H,82,111)(H,83,112)(H,97,98)(H,99,100)(H,101,102)(H,103,104)(H,105,106)(H,107,108)(H,109,110)/t56?,57?,63-,64+/m1/s1. The number of carboxylic acid groups (broad SMARTS) is 7. The van der Waals surface area contributed by atoms with Gasteiger partial charge in [0.2, 0.25) is 23.6 Å². The summed E-state index contributed by atoms with van der Waals surface area (Å²) in [5, 5.41) is 79.5. The number of nitrogens with zero attached hydrogens (tertiary/aromatic N) is 10. The number of aliphatic carboxylic acids is 7. The number of carboxylic acids is 7. The lowest BCUT2D eigenvalue weighted by Crippen LogP contribution is -2.53. The Balaban J connectivity index is 1.08. The minimum Gasteiger partial charge on any atom is -0.481 e. The van der Waals surface area contributed by atoms with Gasteiger partial charge in [0, 0.05) is 179 Å². The first-order chi connectivity index (χ1) is 53.5. The Morgan fingerprint density at radius 1 is 0.473 bits per heavy atom. The van der Waals surface area contributed by atoms with Crippen LogP contribution < -0.4 is 21.3 Å². The van der Waals surface area contributed by atoms with Gasteiger partial charge in [-0.25, -0.2) is 0 Å². The first kappa shape index (κ1) is 92.0. The van der Waals surface area contributed by atoms with E-state index in [1.54, 1.807) is 71.5 Å². The van der Waals surface area contributed by atoms with Crippen LogP contribution in [0.2, 0.25) is 0 Å². The van der Waals surface area contributed by atoms with Crippen molar-refractivity contribution >= 4 is 77.0 Å². The number of carbonyl (C=O) groups is 13. The highest BCUT2D eigenvalue weighted by atomic mass is 16.4. The monoisotopic (exact) mass is 1570 g/mol. The molecule has 2 aromatic rings. The second kappa shape index (κ2) is 49.6. The van der Waals surface area contributed by atoms with Crippen molar-refractivity contribution in [1.29, 1.82) is 0 Å². The summed E-state index contributed by atoms with van der Waals surface area (Å²) in [6.45, 7) is 7.33. The van der Waals surface area contributed by atoms with Crippen molar-refractivity contribution in [3.8, 4) is 11.8 Å². The van der Waals surface area contributed by atoms with Crippen LogP contribution in [-0.4, -0.2) is 364 Å². The van der Waals surface area contributed by atoms with E-state index in [9.17, 15) is 98.1 Å². The zero-order valence-corrected chi connectivity index (χ0v) is 65.1. The van der Waals surface area contributed by atoms with E-state index in [4.69, 9.17) is 0 Å². The Kier molecular flexibility index (Phi) is 40.7. The van der Waals surface area contributed by atoms with E-state index in [2.05, 4.69) is 44.2 Å². The molecule has 5 heterocycles. The number of hydrogen-bond donors (Lipinski definition) is 11. The second-order valence-electron chi connectivity index (χ2n) is 30.0. The molecule has 4 atom stereocenters. The Bertz CT molecular complexity index is 3320. The van der Waals surface area contributed by atoms with E-state index in [1.807, 2.05) is 17.0 Å². The molecule has 34 nitrogen and oxygen atoms in total. The van der Waals surface area contributed by atoms with Crippen molar-refractivity contribution in [2.24, 2.45) is 11.8 Å². The summed E-state index contributed by atoms with van der Waals surface area (Å²) in [5.74, 6) is -3.24. The molecule has 0 spiro atoms. The maximum absolute atomic E-state index is 14.0. The molecular formula is C78H118N14O20. The van der Waals surface area contributed by atoms with Crippen LogP contribution in [0.25, 0.3) is 0 Å². The van der Waals surface area contributed by atoms with Crippen LogP contribution in [0.3, 0.4) is 0 Å². The molecule has 4 aliphatic rings. The summed E-state index contributed by atoms with van der Waals surface area (Å²) in [6.07, 6.45) is 11.8. The number of likely N-dealkylation sites (tertiary alicyclic amines) is 1. The average molecular weight is 1570 g/mol. The van der Waals surface area contributed by atoms with E-state index in [-0.39, 0.29) is 200 Å². The Hall–Kier alpha value is -8.92. The third kappa shape index (κ3) is 36.3. The molecule has 4 saturated heterocycles. The lowest BCUT2D eigenvalue weighted by Gasteiger charge is -2.35. The molecule has 0 aliphatic carbocycles. The third-order valence-corrected chi connectivity index (χ3v) is 21.2. The smallest absolute Gasteiger partial charge is 0.317 e. The molecule has 34 heteroatoms. The van der Waals surface area contributed by atoms with Gasteiger partial charge in [-0.2, -0.15) is 0 Å². The number of rotatable bonds is 40. The van der Waals surface area contributed by atoms with Gasteiger partial charge in [0.25, 0.3) is 0 Å². The number of Topliss-reactive ketones (excluding diaryl/α,β-unsaturated/α-hetero) is 2. The molecule has 2 unspecified atom stereocenters. The number of aryl methyl sites for hydroxylation is 2. The highest BCUT2D eigenvalue weighted by Crippen LogP contribution is 2.30. The van der Waals surface area contributed by atoms with Crippen molar-refractivity contribution < 1.29 is 98.1 Å². The van der Waals surface area contributed by atoms with Crippen LogP contribution >= 0.6 is 0 Å². The topological polar surface area (TPSA) is 454 Å². The molecule has 4 amide bonds. The number of unbranched alkanes of at least 4 members (excludes halogenated alkanes) is 3.